The highest BCUT2D eigenvalue weighted by molar-refractivity contribution is 5.38. The van der Waals surface area contributed by atoms with Crippen LogP contribution in [0.2, 0.25) is 0 Å². The van der Waals surface area contributed by atoms with Gasteiger partial charge in [-0.05, 0) is 13.0 Å². The van der Waals surface area contributed by atoms with Crippen LogP contribution in [0.4, 0.5) is 5.82 Å². The molecule has 1 rings (SSSR count). The summed E-state index contributed by atoms with van der Waals surface area (Å²) in [6.45, 7) is 1.91. The predicted octanol–water partition coefficient (Wildman–Crippen LogP) is 1.42. The number of rotatable bonds is 1. The molecule has 1 aromatic heterocycles. The minimum Gasteiger partial charge on any atom is -0.469 e. The molecule has 9 heavy (non-hydrogen) atoms. The van der Waals surface area contributed by atoms with Crippen LogP contribution in [0.1, 0.15) is 5.69 Å². The average Bonchev–Trinajstić information content (AvgIpc) is 1.88. The maximum absolute atomic E-state index is 3.92. The zero-order chi connectivity index (χ0) is 6.69. The Kier molecular flexibility index (Phi) is 1.63. The maximum atomic E-state index is 3.92. The van der Waals surface area contributed by atoms with Gasteiger partial charge in [0.25, 0.3) is 0 Å². The van der Waals surface area contributed by atoms with E-state index in [1.54, 1.807) is 7.05 Å². The maximum Gasteiger partial charge on any atom is 0.0367 e. The minimum absolute atomic E-state index is 0.738. The Morgan fingerprint density at radius 2 is 2.22 bits per heavy atom. The Balaban J connectivity index is 2.94. The number of aromatic nitrogens is 2. The third-order valence-corrected chi connectivity index (χ3v) is 1.02. The molecule has 0 N–H and O–H groups in total. The van der Waals surface area contributed by atoms with Gasteiger partial charge in [-0.25, -0.2) is 0 Å². The molecule has 0 aliphatic carbocycles. The second-order valence-electron chi connectivity index (χ2n) is 1.74. The monoisotopic (exact) mass is 122 g/mol. The first-order valence-electron chi connectivity index (χ1n) is 2.71. The number of aryl methyl sites for hydroxylation is 1. The van der Waals surface area contributed by atoms with E-state index in [0.29, 0.717) is 0 Å². The minimum atomic E-state index is 0.738. The molecule has 0 aromatic carbocycles. The van der Waals surface area contributed by atoms with Crippen molar-refractivity contribution >= 4 is 5.82 Å². The molecule has 0 bridgehead atoms. The van der Waals surface area contributed by atoms with Gasteiger partial charge in [0.2, 0.25) is 0 Å². The van der Waals surface area contributed by atoms with Gasteiger partial charge in [0.05, 0.1) is 0 Å². The molecule has 48 valence electrons. The Labute approximate surface area is 54.2 Å². The molecule has 0 fully saturated rings. The summed E-state index contributed by atoms with van der Waals surface area (Å²) in [6.07, 6.45) is 1.51. The van der Waals surface area contributed by atoms with Crippen LogP contribution in [-0.4, -0.2) is 17.0 Å². The van der Waals surface area contributed by atoms with E-state index in [1.807, 2.05) is 13.0 Å². The Morgan fingerprint density at radius 3 is 2.67 bits per heavy atom. The first-order chi connectivity index (χ1) is 4.33. The Morgan fingerprint density at radius 1 is 1.44 bits per heavy atom. The Bertz CT molecular complexity index is 197. The average molecular weight is 122 g/mol. The smallest absolute Gasteiger partial charge is 0.0367 e. The molecule has 0 spiro atoms. The molecule has 0 aliphatic rings. The van der Waals surface area contributed by atoms with E-state index in [9.17, 15) is 0 Å². The largest absolute Gasteiger partial charge is 0.469 e. The molecule has 0 saturated heterocycles. The van der Waals surface area contributed by atoms with E-state index in [4.69, 9.17) is 0 Å². The van der Waals surface area contributed by atoms with E-state index in [1.165, 1.54) is 6.33 Å². The fourth-order valence-electron chi connectivity index (χ4n) is 0.563. The highest BCUT2D eigenvalue weighted by Crippen LogP contribution is 2.09. The first-order valence-corrected chi connectivity index (χ1v) is 2.71. The quantitative estimate of drug-likeness (QED) is 0.565. The fraction of sp³-hybridized carbons (Fsp3) is 0.333. The predicted molar refractivity (Wildman–Crippen MR) is 35.7 cm³/mol. The summed E-state index contributed by atoms with van der Waals surface area (Å²) in [5.74, 6) is 0.738. The topological polar surface area (TPSA) is 39.9 Å². The summed E-state index contributed by atoms with van der Waals surface area (Å²) in [5, 5.41) is 3.88. The summed E-state index contributed by atoms with van der Waals surface area (Å²) in [7, 11) is 1.71. The van der Waals surface area contributed by atoms with Gasteiger partial charge in [0, 0.05) is 12.0 Å². The van der Waals surface area contributed by atoms with Crippen molar-refractivity contribution in [1.82, 2.24) is 9.97 Å². The van der Waals surface area contributed by atoms with Crippen molar-refractivity contribution < 1.29 is 0 Å². The zero-order valence-corrected chi connectivity index (χ0v) is 5.50. The third kappa shape index (κ3) is 1.38. The first kappa shape index (κ1) is 6.01. The van der Waals surface area contributed by atoms with Crippen LogP contribution < -0.4 is 0 Å². The van der Waals surface area contributed by atoms with E-state index in [-0.39, 0.29) is 0 Å². The molecule has 0 amide bonds. The third-order valence-electron chi connectivity index (χ3n) is 1.02. The molecule has 0 atom stereocenters. The summed E-state index contributed by atoms with van der Waals surface area (Å²) in [4.78, 5) is 7.80. The molecule has 3 heteroatoms. The van der Waals surface area contributed by atoms with E-state index in [2.05, 4.69) is 15.3 Å². The molecule has 0 radical (unpaired) electrons. The lowest BCUT2D eigenvalue weighted by Gasteiger charge is -2.07. The van der Waals surface area contributed by atoms with E-state index >= 15 is 0 Å². The van der Waals surface area contributed by atoms with Gasteiger partial charge in [-0.15, -0.1) is 0 Å². The summed E-state index contributed by atoms with van der Waals surface area (Å²) < 4.78 is 0. The fourth-order valence-corrected chi connectivity index (χ4v) is 0.563. The second-order valence-corrected chi connectivity index (χ2v) is 1.74. The molecule has 1 aromatic rings. The van der Waals surface area contributed by atoms with Crippen molar-refractivity contribution in [3.05, 3.63) is 23.4 Å². The lowest BCUT2D eigenvalue weighted by Crippen LogP contribution is -1.81. The van der Waals surface area contributed by atoms with Gasteiger partial charge in [-0.1, -0.05) is 12.9 Å². The van der Waals surface area contributed by atoms with Crippen molar-refractivity contribution in [2.75, 3.05) is 7.05 Å². The Hall–Kier alpha value is -1.12. The molecule has 0 aliphatic heterocycles. The highest BCUT2D eigenvalue weighted by atomic mass is 15.0. The van der Waals surface area contributed by atoms with Gasteiger partial charge in [-0.3, -0.25) is 4.98 Å². The van der Waals surface area contributed by atoms with Crippen molar-refractivity contribution in [3.8, 4) is 0 Å². The standard InChI is InChI=1S/C6H8N3/c1-5-3-6(7-2)9-4-8-5/h3-4H,1-2H3/q-1. The normalized spacial score (nSPS) is 9.11. The molecule has 3 nitrogen and oxygen atoms in total. The van der Waals surface area contributed by atoms with Gasteiger partial charge < -0.3 is 10.3 Å². The lowest BCUT2D eigenvalue weighted by atomic mass is 10.4. The molecular weight excluding hydrogens is 114 g/mol. The van der Waals surface area contributed by atoms with E-state index < -0.39 is 0 Å². The van der Waals surface area contributed by atoms with Gasteiger partial charge in [0.1, 0.15) is 0 Å². The SMILES string of the molecule is C[N-]c1cc(C)ncn1. The molecule has 1 heterocycles. The van der Waals surface area contributed by atoms with Crippen molar-refractivity contribution in [2.45, 2.75) is 6.92 Å². The van der Waals surface area contributed by atoms with Gasteiger partial charge in [-0.2, -0.15) is 0 Å². The second kappa shape index (κ2) is 2.44. The van der Waals surface area contributed by atoms with Crippen LogP contribution in [-0.2, 0) is 0 Å². The van der Waals surface area contributed by atoms with Crippen molar-refractivity contribution in [3.63, 3.8) is 0 Å². The summed E-state index contributed by atoms with van der Waals surface area (Å²) in [5.41, 5.74) is 0.950. The molecule has 0 unspecified atom stereocenters. The molecular formula is C6H8N3-. The number of nitrogens with zero attached hydrogens (tertiary/aromatic N) is 3. The number of hydrogen-bond donors (Lipinski definition) is 0. The summed E-state index contributed by atoms with van der Waals surface area (Å²) in [6, 6.07) is 1.83. The highest BCUT2D eigenvalue weighted by Gasteiger charge is 1.79. The van der Waals surface area contributed by atoms with Crippen LogP contribution in [0.15, 0.2) is 12.4 Å². The number of hydrogen-bond acceptors (Lipinski definition) is 2. The van der Waals surface area contributed by atoms with Crippen LogP contribution >= 0.6 is 0 Å². The van der Waals surface area contributed by atoms with Crippen LogP contribution in [0.5, 0.6) is 0 Å². The van der Waals surface area contributed by atoms with Crippen molar-refractivity contribution in [1.29, 1.82) is 0 Å². The molecule has 0 saturated carbocycles. The van der Waals surface area contributed by atoms with E-state index in [0.717, 1.165) is 11.5 Å². The van der Waals surface area contributed by atoms with Crippen LogP contribution in [0, 0.1) is 6.92 Å². The van der Waals surface area contributed by atoms with Crippen LogP contribution in [0.25, 0.3) is 5.32 Å². The van der Waals surface area contributed by atoms with Gasteiger partial charge in [0.15, 0.2) is 0 Å². The van der Waals surface area contributed by atoms with Crippen molar-refractivity contribution in [2.24, 2.45) is 0 Å². The lowest BCUT2D eigenvalue weighted by molar-refractivity contribution is 1.11. The van der Waals surface area contributed by atoms with Crippen LogP contribution in [0.3, 0.4) is 0 Å². The zero-order valence-electron chi connectivity index (χ0n) is 5.50. The van der Waals surface area contributed by atoms with Gasteiger partial charge >= 0.3 is 0 Å². The summed E-state index contributed by atoms with van der Waals surface area (Å²) >= 11 is 0.